The largest absolute Gasteiger partial charge is 0.483 e. The number of benzene rings is 2. The summed E-state index contributed by atoms with van der Waals surface area (Å²) in [6, 6.07) is 16.8. The van der Waals surface area contributed by atoms with Crippen LogP contribution in [-0.2, 0) is 16.4 Å². The average molecular weight is 503 g/mol. The van der Waals surface area contributed by atoms with Crippen molar-refractivity contribution in [3.63, 3.8) is 0 Å². The minimum Gasteiger partial charge on any atom is -0.483 e. The first-order valence-electron chi connectivity index (χ1n) is 11.0. The van der Waals surface area contributed by atoms with Gasteiger partial charge in [0.25, 0.3) is 0 Å². The normalized spacial score (nSPS) is 15.8. The molecule has 0 bridgehead atoms. The first-order valence-corrected chi connectivity index (χ1v) is 13.2. The van der Waals surface area contributed by atoms with Gasteiger partial charge in [0, 0.05) is 37.6 Å². The molecule has 1 aliphatic heterocycles. The predicted molar refractivity (Wildman–Crippen MR) is 134 cm³/mol. The van der Waals surface area contributed by atoms with Crippen LogP contribution in [0.25, 0.3) is 5.69 Å². The number of anilines is 1. The molecule has 1 unspecified atom stereocenters. The molecule has 180 valence electrons. The third kappa shape index (κ3) is 5.60. The molecule has 1 aliphatic rings. The Morgan fingerprint density at radius 1 is 1.06 bits per heavy atom. The van der Waals surface area contributed by atoms with Crippen LogP contribution < -0.4 is 15.2 Å². The van der Waals surface area contributed by atoms with E-state index >= 15 is 0 Å². The lowest BCUT2D eigenvalue weighted by molar-refractivity contribution is 0.217. The van der Waals surface area contributed by atoms with E-state index in [0.717, 1.165) is 5.56 Å². The zero-order valence-corrected chi connectivity index (χ0v) is 20.7. The monoisotopic (exact) mass is 502 g/mol. The van der Waals surface area contributed by atoms with Gasteiger partial charge in [0.05, 0.1) is 18.1 Å². The van der Waals surface area contributed by atoms with Gasteiger partial charge >= 0.3 is 5.56 Å². The molecule has 2 aromatic carbocycles. The fourth-order valence-electron chi connectivity index (χ4n) is 4.01. The summed E-state index contributed by atoms with van der Waals surface area (Å²) in [4.78, 5) is 15.5. The van der Waals surface area contributed by atoms with Crippen LogP contribution in [0.3, 0.4) is 0 Å². The van der Waals surface area contributed by atoms with E-state index < -0.39 is 15.6 Å². The summed E-state index contributed by atoms with van der Waals surface area (Å²) in [6.45, 7) is 3.43. The number of piperazine rings is 1. The summed E-state index contributed by atoms with van der Waals surface area (Å²) in [5.41, 5.74) is 1.79. The maximum absolute atomic E-state index is 13.6. The van der Waals surface area contributed by atoms with Gasteiger partial charge in [-0.3, -0.25) is 4.79 Å². The van der Waals surface area contributed by atoms with Crippen molar-refractivity contribution < 1.29 is 13.2 Å². The SMILES string of the molecule is CC(Cc1ccccc1)Oc1c(N2CCN(S(C)(=O)=O)CC2)cnn(-c2cccc(Cl)c2)c1=O. The van der Waals surface area contributed by atoms with Crippen LogP contribution in [0.1, 0.15) is 12.5 Å². The molecule has 0 radical (unpaired) electrons. The summed E-state index contributed by atoms with van der Waals surface area (Å²) in [6.07, 6.45) is 3.15. The van der Waals surface area contributed by atoms with Gasteiger partial charge in [0.15, 0.2) is 0 Å². The lowest BCUT2D eigenvalue weighted by atomic mass is 10.1. The molecule has 2 heterocycles. The maximum Gasteiger partial charge on any atom is 0.316 e. The molecule has 10 heteroatoms. The van der Waals surface area contributed by atoms with Crippen LogP contribution >= 0.6 is 11.6 Å². The molecule has 3 aromatic rings. The molecule has 8 nitrogen and oxygen atoms in total. The molecule has 1 atom stereocenters. The fourth-order valence-corrected chi connectivity index (χ4v) is 5.02. The highest BCUT2D eigenvalue weighted by molar-refractivity contribution is 7.88. The first-order chi connectivity index (χ1) is 16.2. The number of hydrogen-bond donors (Lipinski definition) is 0. The number of sulfonamides is 1. The minimum absolute atomic E-state index is 0.186. The summed E-state index contributed by atoms with van der Waals surface area (Å²) in [5, 5.41) is 4.87. The molecule has 0 spiro atoms. The highest BCUT2D eigenvalue weighted by atomic mass is 35.5. The third-order valence-electron chi connectivity index (χ3n) is 5.70. The van der Waals surface area contributed by atoms with Crippen LogP contribution in [0.5, 0.6) is 5.75 Å². The molecule has 0 aliphatic carbocycles. The average Bonchev–Trinajstić information content (AvgIpc) is 2.80. The molecule has 1 aromatic heterocycles. The molecular formula is C24H27ClN4O4S. The molecule has 0 amide bonds. The smallest absolute Gasteiger partial charge is 0.316 e. The lowest BCUT2D eigenvalue weighted by Crippen LogP contribution is -2.49. The predicted octanol–water partition coefficient (Wildman–Crippen LogP) is 2.98. The van der Waals surface area contributed by atoms with Crippen LogP contribution in [0.15, 0.2) is 65.6 Å². The minimum atomic E-state index is -3.27. The van der Waals surface area contributed by atoms with Gasteiger partial charge in [-0.05, 0) is 30.7 Å². The van der Waals surface area contributed by atoms with E-state index in [2.05, 4.69) is 5.10 Å². The number of nitrogens with zero attached hydrogens (tertiary/aromatic N) is 4. The van der Waals surface area contributed by atoms with Crippen LogP contribution in [-0.4, -0.2) is 61.0 Å². The van der Waals surface area contributed by atoms with E-state index in [9.17, 15) is 13.2 Å². The van der Waals surface area contributed by atoms with E-state index in [1.165, 1.54) is 15.2 Å². The van der Waals surface area contributed by atoms with Crippen molar-refractivity contribution in [1.82, 2.24) is 14.1 Å². The second kappa shape index (κ2) is 10.2. The zero-order valence-electron chi connectivity index (χ0n) is 19.1. The van der Waals surface area contributed by atoms with Crippen molar-refractivity contribution in [3.05, 3.63) is 81.7 Å². The summed E-state index contributed by atoms with van der Waals surface area (Å²) < 4.78 is 32.8. The Kier molecular flexibility index (Phi) is 7.25. The number of aromatic nitrogens is 2. The summed E-state index contributed by atoms with van der Waals surface area (Å²) >= 11 is 6.13. The van der Waals surface area contributed by atoms with Gasteiger partial charge in [-0.15, -0.1) is 0 Å². The zero-order chi connectivity index (χ0) is 24.3. The van der Waals surface area contributed by atoms with Crippen LogP contribution in [0.2, 0.25) is 5.02 Å². The molecule has 0 saturated carbocycles. The molecule has 4 rings (SSSR count). The highest BCUT2D eigenvalue weighted by Crippen LogP contribution is 2.27. The standard InChI is InChI=1S/C24H27ClN4O4S/c1-18(15-19-7-4-3-5-8-19)33-23-22(27-11-13-28(14-12-27)34(2,31)32)17-26-29(24(23)30)21-10-6-9-20(25)16-21/h3-10,16-18H,11-15H2,1-2H3. The van der Waals surface area contributed by atoms with Gasteiger partial charge in [-0.1, -0.05) is 48.0 Å². The van der Waals surface area contributed by atoms with Gasteiger partial charge in [0.2, 0.25) is 15.8 Å². The number of rotatable bonds is 7. The van der Waals surface area contributed by atoms with E-state index in [0.29, 0.717) is 49.0 Å². The van der Waals surface area contributed by atoms with E-state index in [4.69, 9.17) is 16.3 Å². The topological polar surface area (TPSA) is 84.7 Å². The molecular weight excluding hydrogens is 476 g/mol. The molecule has 1 fully saturated rings. The van der Waals surface area contributed by atoms with Gasteiger partial charge in [0.1, 0.15) is 11.8 Å². The number of hydrogen-bond acceptors (Lipinski definition) is 6. The quantitative estimate of drug-likeness (QED) is 0.494. The number of halogens is 1. The number of ether oxygens (including phenoxy) is 1. The summed E-state index contributed by atoms with van der Waals surface area (Å²) in [5.74, 6) is 0.186. The van der Waals surface area contributed by atoms with Gasteiger partial charge in [-0.2, -0.15) is 14.1 Å². The van der Waals surface area contributed by atoms with Crippen molar-refractivity contribution in [2.75, 3.05) is 37.3 Å². The Morgan fingerprint density at radius 3 is 2.41 bits per heavy atom. The van der Waals surface area contributed by atoms with Crippen LogP contribution in [0.4, 0.5) is 5.69 Å². The third-order valence-corrected chi connectivity index (χ3v) is 7.24. The fraction of sp³-hybridized carbons (Fsp3) is 0.333. The van der Waals surface area contributed by atoms with Gasteiger partial charge < -0.3 is 9.64 Å². The Labute approximate surface area is 204 Å². The van der Waals surface area contributed by atoms with Crippen molar-refractivity contribution in [1.29, 1.82) is 0 Å². The van der Waals surface area contributed by atoms with Crippen molar-refractivity contribution in [2.24, 2.45) is 0 Å². The molecule has 34 heavy (non-hydrogen) atoms. The Balaban J connectivity index is 1.68. The van der Waals surface area contributed by atoms with E-state index in [1.807, 2.05) is 42.2 Å². The van der Waals surface area contributed by atoms with Gasteiger partial charge in [-0.25, -0.2) is 8.42 Å². The molecule has 0 N–H and O–H groups in total. The highest BCUT2D eigenvalue weighted by Gasteiger charge is 2.27. The van der Waals surface area contributed by atoms with E-state index in [-0.39, 0.29) is 11.9 Å². The van der Waals surface area contributed by atoms with Crippen molar-refractivity contribution in [3.8, 4) is 11.4 Å². The molecule has 1 saturated heterocycles. The Hall–Kier alpha value is -2.88. The first kappa shape index (κ1) is 24.3. The lowest BCUT2D eigenvalue weighted by Gasteiger charge is -2.35. The second-order valence-corrected chi connectivity index (χ2v) is 10.7. The van der Waals surface area contributed by atoms with Crippen molar-refractivity contribution >= 4 is 27.3 Å². The van der Waals surface area contributed by atoms with Crippen LogP contribution in [0, 0.1) is 0 Å². The second-order valence-electron chi connectivity index (χ2n) is 8.32. The Bertz CT molecular complexity index is 1310. The Morgan fingerprint density at radius 2 is 1.76 bits per heavy atom. The van der Waals surface area contributed by atoms with Crippen molar-refractivity contribution in [2.45, 2.75) is 19.4 Å². The maximum atomic E-state index is 13.6. The van der Waals surface area contributed by atoms with E-state index in [1.54, 1.807) is 30.5 Å². The summed E-state index contributed by atoms with van der Waals surface area (Å²) in [7, 11) is -3.27.